The molecule has 0 bridgehead atoms. The quantitative estimate of drug-likeness (QED) is 0.616. The molecule has 18 heavy (non-hydrogen) atoms. The summed E-state index contributed by atoms with van der Waals surface area (Å²) in [6.45, 7) is 6.72. The van der Waals surface area contributed by atoms with Gasteiger partial charge in [-0.25, -0.2) is 4.79 Å². The van der Waals surface area contributed by atoms with Crippen molar-refractivity contribution in [2.45, 2.75) is 33.2 Å². The number of hydrogen-bond acceptors (Lipinski definition) is 5. The van der Waals surface area contributed by atoms with Crippen molar-refractivity contribution >= 4 is 20.8 Å². The van der Waals surface area contributed by atoms with Crippen molar-refractivity contribution in [3.8, 4) is 0 Å². The van der Waals surface area contributed by atoms with E-state index in [1.165, 1.54) is 0 Å². The number of carboxylic acid groups (broad SMARTS) is 1. The minimum atomic E-state index is -2.86. The average Bonchev–Trinajstić information content (AvgIpc) is 2.27. The van der Waals surface area contributed by atoms with Gasteiger partial charge in [0.25, 0.3) is 0 Å². The van der Waals surface area contributed by atoms with Crippen LogP contribution in [0.1, 0.15) is 27.2 Å². The predicted molar refractivity (Wildman–Crippen MR) is 66.2 cm³/mol. The van der Waals surface area contributed by atoms with Crippen molar-refractivity contribution in [2.24, 2.45) is 0 Å². The number of imide groups is 1. The lowest BCUT2D eigenvalue weighted by molar-refractivity contribution is -0.120. The van der Waals surface area contributed by atoms with Crippen molar-refractivity contribution in [3.05, 3.63) is 0 Å². The molecule has 0 heterocycles. The molecule has 0 spiro atoms. The monoisotopic (exact) mass is 279 g/mol. The van der Waals surface area contributed by atoms with Crippen LogP contribution in [0.4, 0.5) is 4.79 Å². The van der Waals surface area contributed by atoms with Crippen LogP contribution in [-0.2, 0) is 18.1 Å². The van der Waals surface area contributed by atoms with Gasteiger partial charge < -0.3 is 18.4 Å². The van der Waals surface area contributed by atoms with Crippen LogP contribution in [0.2, 0.25) is 6.04 Å². The molecule has 8 heteroatoms. The van der Waals surface area contributed by atoms with E-state index in [1.54, 1.807) is 5.32 Å². The van der Waals surface area contributed by atoms with Gasteiger partial charge in [-0.3, -0.25) is 10.1 Å². The molecule has 0 saturated heterocycles. The maximum atomic E-state index is 11.3. The van der Waals surface area contributed by atoms with Crippen LogP contribution in [0, 0.1) is 0 Å². The summed E-state index contributed by atoms with van der Waals surface area (Å²) in [4.78, 5) is 21.6. The highest BCUT2D eigenvalue weighted by Crippen LogP contribution is 2.18. The van der Waals surface area contributed by atoms with Gasteiger partial charge in [-0.2, -0.15) is 0 Å². The van der Waals surface area contributed by atoms with Crippen LogP contribution in [0.5, 0.6) is 0 Å². The Bertz CT molecular complexity index is 256. The normalized spacial score (nSPS) is 11.3. The molecule has 106 valence electrons. The molecule has 0 aromatic carbocycles. The number of rotatable bonds is 9. The number of amides is 2. The highest BCUT2D eigenvalue weighted by Gasteiger charge is 2.40. The lowest BCUT2D eigenvalue weighted by atomic mass is 10.4. The molecule has 0 aliphatic rings. The van der Waals surface area contributed by atoms with E-state index in [9.17, 15) is 9.59 Å². The van der Waals surface area contributed by atoms with E-state index in [-0.39, 0.29) is 12.5 Å². The lowest BCUT2D eigenvalue weighted by Crippen LogP contribution is -2.47. The molecular weight excluding hydrogens is 258 g/mol. The van der Waals surface area contributed by atoms with E-state index >= 15 is 0 Å². The molecule has 0 aliphatic heterocycles. The Hall–Kier alpha value is -0.963. The van der Waals surface area contributed by atoms with Crippen molar-refractivity contribution in [1.82, 2.24) is 5.32 Å². The summed E-state index contributed by atoms with van der Waals surface area (Å²) in [6, 6.07) is 0.266. The third-order valence-electron chi connectivity index (χ3n) is 2.00. The maximum Gasteiger partial charge on any atom is 0.501 e. The van der Waals surface area contributed by atoms with Crippen LogP contribution in [0.15, 0.2) is 0 Å². The van der Waals surface area contributed by atoms with Gasteiger partial charge in [0.05, 0.1) is 0 Å². The average molecular weight is 279 g/mol. The second-order valence-corrected chi connectivity index (χ2v) is 6.07. The van der Waals surface area contributed by atoms with Crippen molar-refractivity contribution in [1.29, 1.82) is 0 Å². The molecule has 0 aromatic rings. The number of hydrogen-bond donors (Lipinski definition) is 2. The highest BCUT2D eigenvalue weighted by molar-refractivity contribution is 6.61. The second-order valence-electron chi connectivity index (χ2n) is 3.34. The summed E-state index contributed by atoms with van der Waals surface area (Å²) in [5.41, 5.74) is 0. The fraction of sp³-hybridized carbons (Fsp3) is 0.800. The molecule has 0 aromatic heterocycles. The molecule has 0 unspecified atom stereocenters. The fourth-order valence-corrected chi connectivity index (χ4v) is 3.99. The second kappa shape index (κ2) is 9.03. The fourth-order valence-electron chi connectivity index (χ4n) is 1.45. The first-order valence-electron chi connectivity index (χ1n) is 5.94. The number of carbonyl (C=O) groups is 2. The van der Waals surface area contributed by atoms with Gasteiger partial charge in [0, 0.05) is 32.3 Å². The molecule has 0 aliphatic carbocycles. The maximum absolute atomic E-state index is 11.3. The van der Waals surface area contributed by atoms with E-state index < -0.39 is 20.8 Å². The highest BCUT2D eigenvalue weighted by atomic mass is 28.4. The zero-order chi connectivity index (χ0) is 14.0. The minimum Gasteiger partial charge on any atom is -0.465 e. The van der Waals surface area contributed by atoms with Gasteiger partial charge in [-0.1, -0.05) is 0 Å². The van der Waals surface area contributed by atoms with E-state index in [4.69, 9.17) is 18.4 Å². The first kappa shape index (κ1) is 17.0. The van der Waals surface area contributed by atoms with Crippen LogP contribution in [0.3, 0.4) is 0 Å². The molecule has 0 radical (unpaired) electrons. The molecule has 2 amide bonds. The van der Waals surface area contributed by atoms with Gasteiger partial charge in [-0.05, 0) is 20.8 Å². The Kier molecular flexibility index (Phi) is 8.55. The van der Waals surface area contributed by atoms with Gasteiger partial charge in [0.2, 0.25) is 5.91 Å². The van der Waals surface area contributed by atoms with E-state index in [0.717, 1.165) is 0 Å². The topological polar surface area (TPSA) is 94.1 Å². The van der Waals surface area contributed by atoms with Crippen molar-refractivity contribution < 1.29 is 28.0 Å². The van der Waals surface area contributed by atoms with Gasteiger partial charge >= 0.3 is 14.9 Å². The van der Waals surface area contributed by atoms with E-state index in [2.05, 4.69) is 0 Å². The van der Waals surface area contributed by atoms with Crippen LogP contribution in [-0.4, -0.2) is 45.7 Å². The number of carbonyl (C=O) groups excluding carboxylic acids is 1. The van der Waals surface area contributed by atoms with E-state index in [1.807, 2.05) is 20.8 Å². The molecule has 2 N–H and O–H groups in total. The van der Waals surface area contributed by atoms with Crippen LogP contribution < -0.4 is 5.32 Å². The summed E-state index contributed by atoms with van der Waals surface area (Å²) in [6.07, 6.45) is -1.37. The summed E-state index contributed by atoms with van der Waals surface area (Å²) in [5, 5.41) is 10.2. The zero-order valence-corrected chi connectivity index (χ0v) is 12.0. The molecule has 0 rings (SSSR count). The number of nitrogens with one attached hydrogen (secondary N) is 1. The largest absolute Gasteiger partial charge is 0.501 e. The summed E-state index contributed by atoms with van der Waals surface area (Å²) in [5.74, 6) is -0.585. The Morgan fingerprint density at radius 3 is 1.83 bits per heavy atom. The van der Waals surface area contributed by atoms with Crippen molar-refractivity contribution in [3.63, 3.8) is 0 Å². The molecule has 0 atom stereocenters. The van der Waals surface area contributed by atoms with Crippen LogP contribution in [0.25, 0.3) is 0 Å². The lowest BCUT2D eigenvalue weighted by Gasteiger charge is -2.28. The Morgan fingerprint density at radius 2 is 1.50 bits per heavy atom. The summed E-state index contributed by atoms with van der Waals surface area (Å²) in [7, 11) is -2.86. The van der Waals surface area contributed by atoms with Gasteiger partial charge in [-0.15, -0.1) is 0 Å². The molecule has 0 fully saturated rings. The molecule has 7 nitrogen and oxygen atoms in total. The zero-order valence-electron chi connectivity index (χ0n) is 11.0. The standard InChI is InChI=1S/C10H21NO6Si/c1-4-15-18(16-5-2,17-6-3)8-7-9(12)11-10(13)14/h4-8H2,1-3H3,(H,11,12)(H,13,14). The van der Waals surface area contributed by atoms with Crippen LogP contribution >= 0.6 is 0 Å². The third kappa shape index (κ3) is 6.69. The first-order valence-corrected chi connectivity index (χ1v) is 7.87. The van der Waals surface area contributed by atoms with E-state index in [0.29, 0.717) is 19.8 Å². The van der Waals surface area contributed by atoms with Gasteiger partial charge in [0.1, 0.15) is 0 Å². The molecule has 0 saturated carbocycles. The first-order chi connectivity index (χ1) is 8.49. The third-order valence-corrected chi connectivity index (χ3v) is 5.05. The smallest absolute Gasteiger partial charge is 0.465 e. The Morgan fingerprint density at radius 1 is 1.06 bits per heavy atom. The summed E-state index contributed by atoms with van der Waals surface area (Å²) >= 11 is 0. The Labute approximate surface area is 108 Å². The summed E-state index contributed by atoms with van der Waals surface area (Å²) < 4.78 is 16.6. The van der Waals surface area contributed by atoms with Crippen molar-refractivity contribution in [2.75, 3.05) is 19.8 Å². The predicted octanol–water partition coefficient (Wildman–Crippen LogP) is 1.22. The Balaban J connectivity index is 4.45. The van der Waals surface area contributed by atoms with Gasteiger partial charge in [0.15, 0.2) is 0 Å². The molecular formula is C10H21NO6Si. The minimum absolute atomic E-state index is 0.00147. The SMILES string of the molecule is CCO[Si](CCC(=O)NC(=O)O)(OCC)OCC.